The molecular formula is C12H21N5OS. The van der Waals surface area contributed by atoms with Crippen LogP contribution in [0.15, 0.2) is 0 Å². The third-order valence-corrected chi connectivity index (χ3v) is 4.64. The predicted octanol–water partition coefficient (Wildman–Crippen LogP) is 0.933. The first kappa shape index (κ1) is 14.1. The molecule has 19 heavy (non-hydrogen) atoms. The number of likely N-dealkylation sites (tertiary alicyclic amines) is 1. The van der Waals surface area contributed by atoms with Gasteiger partial charge in [0.2, 0.25) is 0 Å². The van der Waals surface area contributed by atoms with Gasteiger partial charge in [-0.1, -0.05) is 11.3 Å². The zero-order chi connectivity index (χ0) is 14.0. The van der Waals surface area contributed by atoms with Crippen LogP contribution in [-0.4, -0.2) is 61.0 Å². The molecule has 106 valence electrons. The Bertz CT molecular complexity index is 461. The van der Waals surface area contributed by atoms with Gasteiger partial charge in [0, 0.05) is 26.7 Å². The van der Waals surface area contributed by atoms with Crippen LogP contribution in [0.4, 0.5) is 10.9 Å². The van der Waals surface area contributed by atoms with E-state index >= 15 is 0 Å². The highest BCUT2D eigenvalue weighted by Crippen LogP contribution is 2.26. The van der Waals surface area contributed by atoms with Gasteiger partial charge in [-0.15, -0.1) is 0 Å². The van der Waals surface area contributed by atoms with Crippen molar-refractivity contribution in [2.45, 2.75) is 18.9 Å². The summed E-state index contributed by atoms with van der Waals surface area (Å²) in [6.45, 7) is 1.85. The number of aromatic nitrogens is 1. The predicted molar refractivity (Wildman–Crippen MR) is 78.7 cm³/mol. The lowest BCUT2D eigenvalue weighted by Crippen LogP contribution is -2.39. The van der Waals surface area contributed by atoms with Gasteiger partial charge < -0.3 is 20.9 Å². The first-order valence-corrected chi connectivity index (χ1v) is 7.24. The standard InChI is InChI=1S/C12H21N5OS/c1-14-12-15-10(13)9(19-12)11(18)17(3)7-8-5-4-6-16(8)2/h8H,4-7,13H2,1-3H3,(H,14,15). The van der Waals surface area contributed by atoms with Crippen molar-refractivity contribution in [2.24, 2.45) is 0 Å². The first-order valence-electron chi connectivity index (χ1n) is 6.42. The fourth-order valence-electron chi connectivity index (χ4n) is 2.37. The number of likely N-dealkylation sites (N-methyl/N-ethyl adjacent to an activating group) is 2. The average Bonchev–Trinajstić information content (AvgIpc) is 2.95. The number of amides is 1. The number of nitrogens with zero attached hydrogens (tertiary/aromatic N) is 3. The van der Waals surface area contributed by atoms with Gasteiger partial charge >= 0.3 is 0 Å². The van der Waals surface area contributed by atoms with Gasteiger partial charge in [-0.2, -0.15) is 0 Å². The molecule has 3 N–H and O–H groups in total. The lowest BCUT2D eigenvalue weighted by atomic mass is 10.2. The molecule has 1 saturated heterocycles. The molecular weight excluding hydrogens is 262 g/mol. The van der Waals surface area contributed by atoms with E-state index in [2.05, 4.69) is 22.2 Å². The topological polar surface area (TPSA) is 74.5 Å². The van der Waals surface area contributed by atoms with E-state index in [1.165, 1.54) is 17.8 Å². The summed E-state index contributed by atoms with van der Waals surface area (Å²) in [6, 6.07) is 0.451. The Morgan fingerprint density at radius 1 is 1.68 bits per heavy atom. The lowest BCUT2D eigenvalue weighted by molar-refractivity contribution is 0.0767. The van der Waals surface area contributed by atoms with E-state index in [9.17, 15) is 4.79 Å². The molecule has 0 spiro atoms. The largest absolute Gasteiger partial charge is 0.382 e. The van der Waals surface area contributed by atoms with E-state index in [1.807, 2.05) is 7.05 Å². The highest BCUT2D eigenvalue weighted by atomic mass is 32.1. The van der Waals surface area contributed by atoms with Crippen LogP contribution < -0.4 is 11.1 Å². The minimum absolute atomic E-state index is 0.0446. The van der Waals surface area contributed by atoms with Gasteiger partial charge in [-0.3, -0.25) is 4.79 Å². The molecule has 2 rings (SSSR count). The number of carbonyl (C=O) groups is 1. The maximum Gasteiger partial charge on any atom is 0.267 e. The molecule has 1 aromatic rings. The second-order valence-corrected chi connectivity index (χ2v) is 5.94. The number of nitrogens with two attached hydrogens (primary N) is 1. The minimum Gasteiger partial charge on any atom is -0.382 e. The molecule has 7 heteroatoms. The molecule has 0 bridgehead atoms. The molecule has 0 aromatic carbocycles. The quantitative estimate of drug-likeness (QED) is 0.860. The van der Waals surface area contributed by atoms with Crippen molar-refractivity contribution in [3.05, 3.63) is 4.88 Å². The van der Waals surface area contributed by atoms with E-state index in [1.54, 1.807) is 11.9 Å². The minimum atomic E-state index is -0.0446. The Hall–Kier alpha value is -1.34. The highest BCUT2D eigenvalue weighted by Gasteiger charge is 2.26. The average molecular weight is 283 g/mol. The molecule has 2 heterocycles. The maximum atomic E-state index is 12.4. The van der Waals surface area contributed by atoms with Gasteiger partial charge in [0.05, 0.1) is 0 Å². The van der Waals surface area contributed by atoms with Crippen LogP contribution >= 0.6 is 11.3 Å². The summed E-state index contributed by atoms with van der Waals surface area (Å²) in [7, 11) is 5.70. The number of hydrogen-bond donors (Lipinski definition) is 2. The third kappa shape index (κ3) is 2.98. The van der Waals surface area contributed by atoms with Crippen LogP contribution in [0.25, 0.3) is 0 Å². The summed E-state index contributed by atoms with van der Waals surface area (Å²) in [4.78, 5) is 21.0. The van der Waals surface area contributed by atoms with E-state index in [0.717, 1.165) is 19.5 Å². The summed E-state index contributed by atoms with van der Waals surface area (Å²) >= 11 is 1.30. The second kappa shape index (κ2) is 5.75. The number of rotatable bonds is 4. The Labute approximate surface area is 117 Å². The number of carbonyl (C=O) groups excluding carboxylic acids is 1. The van der Waals surface area contributed by atoms with Crippen molar-refractivity contribution in [2.75, 3.05) is 45.3 Å². The fourth-order valence-corrected chi connectivity index (χ4v) is 3.21. The number of nitrogens with one attached hydrogen (secondary N) is 1. The molecule has 1 aromatic heterocycles. The van der Waals surface area contributed by atoms with Crippen LogP contribution in [0, 0.1) is 0 Å². The Kier molecular flexibility index (Phi) is 4.26. The molecule has 1 aliphatic heterocycles. The van der Waals surface area contributed by atoms with E-state index < -0.39 is 0 Å². The molecule has 1 fully saturated rings. The number of anilines is 2. The van der Waals surface area contributed by atoms with Gasteiger partial charge in [-0.25, -0.2) is 4.98 Å². The molecule has 0 radical (unpaired) electrons. The molecule has 1 aliphatic rings. The monoisotopic (exact) mass is 283 g/mol. The number of hydrogen-bond acceptors (Lipinski definition) is 6. The van der Waals surface area contributed by atoms with Crippen molar-refractivity contribution in [1.82, 2.24) is 14.8 Å². The Morgan fingerprint density at radius 3 is 2.95 bits per heavy atom. The molecule has 1 unspecified atom stereocenters. The number of thiazole rings is 1. The second-order valence-electron chi connectivity index (χ2n) is 4.95. The SMILES string of the molecule is CNc1nc(N)c(C(=O)N(C)CC2CCCN2C)s1. The first-order chi connectivity index (χ1) is 9.02. The molecule has 0 saturated carbocycles. The zero-order valence-corrected chi connectivity index (χ0v) is 12.5. The van der Waals surface area contributed by atoms with Crippen molar-refractivity contribution < 1.29 is 4.79 Å². The molecule has 1 amide bonds. The highest BCUT2D eigenvalue weighted by molar-refractivity contribution is 7.18. The van der Waals surface area contributed by atoms with Gasteiger partial charge in [0.15, 0.2) is 5.13 Å². The lowest BCUT2D eigenvalue weighted by Gasteiger charge is -2.25. The van der Waals surface area contributed by atoms with Gasteiger partial charge in [-0.05, 0) is 26.4 Å². The Morgan fingerprint density at radius 2 is 2.42 bits per heavy atom. The van der Waals surface area contributed by atoms with E-state index in [-0.39, 0.29) is 5.91 Å². The molecule has 0 aliphatic carbocycles. The summed E-state index contributed by atoms with van der Waals surface area (Å²) in [5.74, 6) is 0.266. The Balaban J connectivity index is 2.03. The maximum absolute atomic E-state index is 12.4. The smallest absolute Gasteiger partial charge is 0.267 e. The van der Waals surface area contributed by atoms with Crippen LogP contribution in [0.5, 0.6) is 0 Å². The van der Waals surface area contributed by atoms with Crippen molar-refractivity contribution in [3.8, 4) is 0 Å². The van der Waals surface area contributed by atoms with E-state index in [0.29, 0.717) is 21.9 Å². The summed E-state index contributed by atoms with van der Waals surface area (Å²) in [5.41, 5.74) is 5.79. The van der Waals surface area contributed by atoms with Gasteiger partial charge in [0.1, 0.15) is 10.7 Å². The third-order valence-electron chi connectivity index (χ3n) is 3.56. The summed E-state index contributed by atoms with van der Waals surface area (Å²) < 4.78 is 0. The summed E-state index contributed by atoms with van der Waals surface area (Å²) in [6.07, 6.45) is 2.35. The van der Waals surface area contributed by atoms with Crippen molar-refractivity contribution in [1.29, 1.82) is 0 Å². The molecule has 6 nitrogen and oxygen atoms in total. The van der Waals surface area contributed by atoms with Crippen LogP contribution in [0.2, 0.25) is 0 Å². The van der Waals surface area contributed by atoms with Crippen molar-refractivity contribution in [3.63, 3.8) is 0 Å². The van der Waals surface area contributed by atoms with Crippen LogP contribution in [0.1, 0.15) is 22.5 Å². The number of nitrogen functional groups attached to an aromatic ring is 1. The van der Waals surface area contributed by atoms with Crippen LogP contribution in [0.3, 0.4) is 0 Å². The zero-order valence-electron chi connectivity index (χ0n) is 11.6. The molecule has 1 atom stereocenters. The van der Waals surface area contributed by atoms with Crippen LogP contribution in [-0.2, 0) is 0 Å². The fraction of sp³-hybridized carbons (Fsp3) is 0.667. The summed E-state index contributed by atoms with van der Waals surface area (Å²) in [5, 5.41) is 3.58. The normalized spacial score (nSPS) is 19.6. The van der Waals surface area contributed by atoms with Crippen molar-refractivity contribution >= 4 is 28.2 Å². The van der Waals surface area contributed by atoms with Gasteiger partial charge in [0.25, 0.3) is 5.91 Å². The van der Waals surface area contributed by atoms with E-state index in [4.69, 9.17) is 5.73 Å².